The van der Waals surface area contributed by atoms with Gasteiger partial charge in [0.25, 0.3) is 0 Å². The van der Waals surface area contributed by atoms with Crippen LogP contribution in [-0.2, 0) is 4.74 Å². The lowest BCUT2D eigenvalue weighted by Crippen LogP contribution is -2.33. The average Bonchev–Trinajstić information content (AvgIpc) is 3.51. The molecular formula is C28H35N5O6. The fourth-order valence-corrected chi connectivity index (χ4v) is 4.86. The van der Waals surface area contributed by atoms with E-state index in [1.807, 2.05) is 30.3 Å². The van der Waals surface area contributed by atoms with Crippen LogP contribution in [0.3, 0.4) is 0 Å². The Hall–Kier alpha value is -3.77. The molecular weight excluding hydrogens is 502 g/mol. The molecule has 5 atom stereocenters. The van der Waals surface area contributed by atoms with Crippen molar-refractivity contribution in [2.75, 3.05) is 34.4 Å². The Labute approximate surface area is 227 Å². The third kappa shape index (κ3) is 5.66. The molecule has 2 heterocycles. The summed E-state index contributed by atoms with van der Waals surface area (Å²) >= 11 is 0. The summed E-state index contributed by atoms with van der Waals surface area (Å²) in [5.41, 5.74) is 3.64. The van der Waals surface area contributed by atoms with Gasteiger partial charge in [0.1, 0.15) is 35.5 Å². The molecule has 1 aliphatic rings. The van der Waals surface area contributed by atoms with Crippen LogP contribution in [0.2, 0.25) is 0 Å². The van der Waals surface area contributed by atoms with E-state index in [9.17, 15) is 15.3 Å². The topological polar surface area (TPSA) is 143 Å². The van der Waals surface area contributed by atoms with E-state index in [1.54, 1.807) is 21.3 Å². The normalized spacial score (nSPS) is 22.0. The van der Waals surface area contributed by atoms with Gasteiger partial charge in [-0.2, -0.15) is 0 Å². The van der Waals surface area contributed by atoms with E-state index in [0.29, 0.717) is 35.4 Å². The van der Waals surface area contributed by atoms with E-state index in [2.05, 4.69) is 46.1 Å². The second-order valence-corrected chi connectivity index (χ2v) is 9.22. The van der Waals surface area contributed by atoms with E-state index in [1.165, 1.54) is 10.9 Å². The summed E-state index contributed by atoms with van der Waals surface area (Å²) in [6.45, 7) is 5.74. The lowest BCUT2D eigenvalue weighted by Gasteiger charge is -2.23. The lowest BCUT2D eigenvalue weighted by atomic mass is 9.88. The molecule has 1 aromatic heterocycles. The second kappa shape index (κ2) is 12.4. The Morgan fingerprint density at radius 2 is 1.85 bits per heavy atom. The summed E-state index contributed by atoms with van der Waals surface area (Å²) < 4.78 is 18.2. The van der Waals surface area contributed by atoms with Gasteiger partial charge in [-0.05, 0) is 42.5 Å². The van der Waals surface area contributed by atoms with Gasteiger partial charge in [0.15, 0.2) is 17.9 Å². The van der Waals surface area contributed by atoms with Crippen LogP contribution >= 0.6 is 0 Å². The summed E-state index contributed by atoms with van der Waals surface area (Å²) in [5.74, 6) is 2.02. The van der Waals surface area contributed by atoms with Crippen molar-refractivity contribution in [2.24, 2.45) is 9.98 Å². The Kier molecular flexibility index (Phi) is 8.97. The number of nitrogens with one attached hydrogen (secondary N) is 1. The molecule has 1 fully saturated rings. The number of aliphatic imine (C=N–C) groups is 2. The van der Waals surface area contributed by atoms with Gasteiger partial charge in [-0.25, -0.2) is 9.98 Å². The first-order valence-electron chi connectivity index (χ1n) is 12.5. The maximum absolute atomic E-state index is 10.5. The molecule has 0 bridgehead atoms. The van der Waals surface area contributed by atoms with Crippen LogP contribution in [0.25, 0.3) is 0 Å². The summed E-state index contributed by atoms with van der Waals surface area (Å²) in [5, 5.41) is 33.6. The maximum Gasteiger partial charge on any atom is 0.165 e. The molecule has 1 saturated heterocycles. The molecule has 11 nitrogen and oxygen atoms in total. The first-order valence-corrected chi connectivity index (χ1v) is 12.5. The number of ether oxygens (including phenoxy) is 3. The van der Waals surface area contributed by atoms with Crippen molar-refractivity contribution in [1.29, 1.82) is 0 Å². The number of aliphatic hydroxyl groups is 3. The number of aromatic nitrogens is 2. The number of benzene rings is 2. The quantitative estimate of drug-likeness (QED) is 0.227. The summed E-state index contributed by atoms with van der Waals surface area (Å²) in [6, 6.07) is 14.0. The molecule has 39 heavy (non-hydrogen) atoms. The van der Waals surface area contributed by atoms with Crippen LogP contribution < -0.4 is 14.8 Å². The average molecular weight is 538 g/mol. The van der Waals surface area contributed by atoms with E-state index >= 15 is 0 Å². The van der Waals surface area contributed by atoms with Crippen LogP contribution in [0.15, 0.2) is 58.8 Å². The van der Waals surface area contributed by atoms with E-state index in [4.69, 9.17) is 14.2 Å². The van der Waals surface area contributed by atoms with Crippen molar-refractivity contribution >= 4 is 18.4 Å². The standard InChI is InChI=1S/C28H35N5O6/c1-16-8-6-7-9-20(16)21(17-10-18(37-4)12-19(11-17)38-5)13-31-26(29-2)23-27(30-3)33(15-32-23)28-25(36)24(35)22(14-34)39-28/h6-12,15,21-22,24-25,28,34-36H,3,13-14H2,1-2,4-5H3,(H,29,31). The Bertz CT molecular complexity index is 1300. The Morgan fingerprint density at radius 1 is 1.15 bits per heavy atom. The summed E-state index contributed by atoms with van der Waals surface area (Å²) in [6.07, 6.45) is -3.02. The molecule has 0 aliphatic carbocycles. The minimum absolute atomic E-state index is 0.102. The highest BCUT2D eigenvalue weighted by atomic mass is 16.6. The first-order chi connectivity index (χ1) is 18.9. The Balaban J connectivity index is 1.66. The zero-order valence-electron chi connectivity index (χ0n) is 22.5. The molecule has 4 rings (SSSR count). The zero-order valence-corrected chi connectivity index (χ0v) is 22.5. The van der Waals surface area contributed by atoms with Gasteiger partial charge in [-0.1, -0.05) is 24.3 Å². The van der Waals surface area contributed by atoms with Crippen molar-refractivity contribution in [3.8, 4) is 11.5 Å². The van der Waals surface area contributed by atoms with E-state index in [0.717, 1.165) is 16.7 Å². The van der Waals surface area contributed by atoms with Gasteiger partial charge in [-0.15, -0.1) is 0 Å². The minimum atomic E-state index is -1.28. The minimum Gasteiger partial charge on any atom is -0.497 e. The molecule has 1 aliphatic heterocycles. The number of imidazole rings is 1. The first kappa shape index (κ1) is 28.2. The number of nitrogens with zero attached hydrogens (tertiary/aromatic N) is 4. The summed E-state index contributed by atoms with van der Waals surface area (Å²) in [7, 11) is 4.88. The molecule has 11 heteroatoms. The summed E-state index contributed by atoms with van der Waals surface area (Å²) in [4.78, 5) is 13.0. The number of aryl methyl sites for hydroxylation is 1. The largest absolute Gasteiger partial charge is 0.497 e. The maximum atomic E-state index is 10.5. The molecule has 0 saturated carbocycles. The van der Waals surface area contributed by atoms with Crippen LogP contribution in [0, 0.1) is 6.92 Å². The van der Waals surface area contributed by atoms with Crippen LogP contribution in [0.5, 0.6) is 11.5 Å². The predicted octanol–water partition coefficient (Wildman–Crippen LogP) is 1.95. The number of hydrogen-bond acceptors (Lipinski definition) is 9. The molecule has 0 spiro atoms. The highest BCUT2D eigenvalue weighted by Crippen LogP contribution is 2.35. The fraction of sp³-hybridized carbons (Fsp3) is 0.393. The van der Waals surface area contributed by atoms with Crippen molar-refractivity contribution in [3.63, 3.8) is 0 Å². The van der Waals surface area contributed by atoms with Crippen LogP contribution in [0.4, 0.5) is 5.82 Å². The Morgan fingerprint density at radius 3 is 2.41 bits per heavy atom. The fourth-order valence-electron chi connectivity index (χ4n) is 4.86. The smallest absolute Gasteiger partial charge is 0.165 e. The number of methoxy groups -OCH3 is 2. The molecule has 4 N–H and O–H groups in total. The van der Waals surface area contributed by atoms with Crippen molar-refractivity contribution in [1.82, 2.24) is 14.9 Å². The third-order valence-corrected chi connectivity index (χ3v) is 6.97. The van der Waals surface area contributed by atoms with E-state index in [-0.39, 0.29) is 5.92 Å². The molecule has 2 aromatic carbocycles. The third-order valence-electron chi connectivity index (χ3n) is 6.97. The lowest BCUT2D eigenvalue weighted by molar-refractivity contribution is -0.0519. The van der Waals surface area contributed by atoms with Crippen LogP contribution in [-0.4, -0.2) is 90.2 Å². The number of rotatable bonds is 10. The van der Waals surface area contributed by atoms with Gasteiger partial charge in [0, 0.05) is 25.6 Å². The molecule has 208 valence electrons. The monoisotopic (exact) mass is 537 g/mol. The SMILES string of the molecule is C=Nc1c(C(=NC)NCC(c2cc(OC)cc(OC)c2)c2ccccc2C)ncn1C1OC(CO)C(O)C1O. The van der Waals surface area contributed by atoms with E-state index < -0.39 is 31.1 Å². The van der Waals surface area contributed by atoms with Gasteiger partial charge in [0.05, 0.1) is 27.2 Å². The zero-order chi connectivity index (χ0) is 28.1. The number of hydrogen-bond donors (Lipinski definition) is 4. The van der Waals surface area contributed by atoms with Gasteiger partial charge >= 0.3 is 0 Å². The predicted molar refractivity (Wildman–Crippen MR) is 147 cm³/mol. The molecule has 0 amide bonds. The molecule has 0 radical (unpaired) electrons. The highest BCUT2D eigenvalue weighted by Gasteiger charge is 2.44. The van der Waals surface area contributed by atoms with Crippen LogP contribution in [0.1, 0.15) is 34.5 Å². The second-order valence-electron chi connectivity index (χ2n) is 9.22. The molecule has 5 unspecified atom stereocenters. The number of aliphatic hydroxyl groups excluding tert-OH is 3. The van der Waals surface area contributed by atoms with Crippen molar-refractivity contribution < 1.29 is 29.5 Å². The van der Waals surface area contributed by atoms with Gasteiger partial charge in [-0.3, -0.25) is 9.56 Å². The van der Waals surface area contributed by atoms with Gasteiger partial charge in [0.2, 0.25) is 0 Å². The van der Waals surface area contributed by atoms with Crippen molar-refractivity contribution in [2.45, 2.75) is 37.4 Å². The van der Waals surface area contributed by atoms with Crippen molar-refractivity contribution in [3.05, 3.63) is 71.2 Å². The highest BCUT2D eigenvalue weighted by molar-refractivity contribution is 6.00. The number of amidine groups is 1. The van der Waals surface area contributed by atoms with Gasteiger partial charge < -0.3 is 34.8 Å². The molecule has 3 aromatic rings.